The van der Waals surface area contributed by atoms with E-state index in [1.54, 1.807) is 12.1 Å². The predicted molar refractivity (Wildman–Crippen MR) is 105 cm³/mol. The zero-order valence-corrected chi connectivity index (χ0v) is 16.2. The molecule has 0 amide bonds. The lowest BCUT2D eigenvalue weighted by molar-refractivity contribution is 0.153. The predicted octanol–water partition coefficient (Wildman–Crippen LogP) is 4.12. The van der Waals surface area contributed by atoms with Crippen LogP contribution in [-0.4, -0.2) is 31.5 Å². The molecule has 5 nitrogen and oxygen atoms in total. The van der Waals surface area contributed by atoms with Gasteiger partial charge in [0.15, 0.2) is 0 Å². The number of halogens is 3. The van der Waals surface area contributed by atoms with Crippen LogP contribution >= 0.6 is 0 Å². The lowest BCUT2D eigenvalue weighted by Crippen LogP contribution is -2.35. The van der Waals surface area contributed by atoms with Gasteiger partial charge < -0.3 is 10.6 Å². The molecule has 154 valence electrons. The standard InChI is InChI=1S/C20H20F3N3O2S/c21-13-3-1-4-15(11-13)29(27,28)26-12-16(20(22)23)19-17(5-2-6-18(19)26)25-14-7-9-24-10-8-14/h1-6,11-12,14,20,24-25H,7-10H2. The van der Waals surface area contributed by atoms with Gasteiger partial charge in [-0.2, -0.15) is 0 Å². The van der Waals surface area contributed by atoms with Crippen LogP contribution < -0.4 is 10.6 Å². The van der Waals surface area contributed by atoms with Gasteiger partial charge in [0.05, 0.1) is 10.4 Å². The van der Waals surface area contributed by atoms with Gasteiger partial charge in [0.1, 0.15) is 5.82 Å². The molecule has 2 N–H and O–H groups in total. The van der Waals surface area contributed by atoms with E-state index in [1.165, 1.54) is 18.2 Å². The Morgan fingerprint density at radius 1 is 1.10 bits per heavy atom. The van der Waals surface area contributed by atoms with Crippen molar-refractivity contribution in [1.82, 2.24) is 9.29 Å². The van der Waals surface area contributed by atoms with Crippen LogP contribution in [0, 0.1) is 5.82 Å². The third-order valence-electron chi connectivity index (χ3n) is 5.11. The number of fused-ring (bicyclic) bond motifs is 1. The van der Waals surface area contributed by atoms with Crippen LogP contribution in [0.15, 0.2) is 53.6 Å². The van der Waals surface area contributed by atoms with Crippen molar-refractivity contribution in [2.75, 3.05) is 18.4 Å². The summed E-state index contributed by atoms with van der Waals surface area (Å²) in [6, 6.07) is 9.39. The summed E-state index contributed by atoms with van der Waals surface area (Å²) in [5.41, 5.74) is 0.221. The molecule has 1 aromatic heterocycles. The Morgan fingerprint density at radius 2 is 1.83 bits per heavy atom. The lowest BCUT2D eigenvalue weighted by Gasteiger charge is -2.25. The normalized spacial score (nSPS) is 15.9. The molecule has 1 aliphatic heterocycles. The first-order chi connectivity index (χ1) is 13.9. The first-order valence-electron chi connectivity index (χ1n) is 9.28. The van der Waals surface area contributed by atoms with Gasteiger partial charge in [-0.25, -0.2) is 25.6 Å². The number of aromatic nitrogens is 1. The molecule has 29 heavy (non-hydrogen) atoms. The second-order valence-electron chi connectivity index (χ2n) is 7.01. The van der Waals surface area contributed by atoms with E-state index < -0.39 is 22.3 Å². The first kappa shape index (κ1) is 19.8. The molecule has 1 saturated heterocycles. The van der Waals surface area contributed by atoms with Crippen molar-refractivity contribution < 1.29 is 21.6 Å². The molecular formula is C20H20F3N3O2S. The van der Waals surface area contributed by atoms with E-state index in [0.717, 1.165) is 48.2 Å². The highest BCUT2D eigenvalue weighted by Crippen LogP contribution is 2.37. The SMILES string of the molecule is O=S(=O)(c1cccc(F)c1)n1cc(C(F)F)c2c(NC3CCNCC3)cccc21. The summed E-state index contributed by atoms with van der Waals surface area (Å²) in [7, 11) is -4.25. The van der Waals surface area contributed by atoms with E-state index in [-0.39, 0.29) is 27.4 Å². The zero-order chi connectivity index (χ0) is 20.6. The van der Waals surface area contributed by atoms with Gasteiger partial charge in [0.25, 0.3) is 16.4 Å². The molecule has 0 radical (unpaired) electrons. The van der Waals surface area contributed by atoms with Crippen molar-refractivity contribution in [2.24, 2.45) is 0 Å². The Labute approximate surface area is 166 Å². The van der Waals surface area contributed by atoms with E-state index in [4.69, 9.17) is 0 Å². The number of benzene rings is 2. The van der Waals surface area contributed by atoms with Crippen molar-refractivity contribution in [3.8, 4) is 0 Å². The van der Waals surface area contributed by atoms with Crippen molar-refractivity contribution >= 4 is 26.6 Å². The van der Waals surface area contributed by atoms with Gasteiger partial charge in [-0.1, -0.05) is 12.1 Å². The minimum Gasteiger partial charge on any atom is -0.382 e. The average molecular weight is 423 g/mol. The summed E-state index contributed by atoms with van der Waals surface area (Å²) in [4.78, 5) is -0.299. The number of rotatable bonds is 5. The van der Waals surface area contributed by atoms with Crippen LogP contribution in [0.25, 0.3) is 10.9 Å². The molecule has 0 aliphatic carbocycles. The van der Waals surface area contributed by atoms with Crippen LogP contribution in [-0.2, 0) is 10.0 Å². The molecule has 0 atom stereocenters. The zero-order valence-electron chi connectivity index (χ0n) is 15.4. The quantitative estimate of drug-likeness (QED) is 0.648. The van der Waals surface area contributed by atoms with Crippen molar-refractivity contribution in [3.05, 3.63) is 60.0 Å². The van der Waals surface area contributed by atoms with Crippen LogP contribution in [0.5, 0.6) is 0 Å². The monoisotopic (exact) mass is 423 g/mol. The van der Waals surface area contributed by atoms with Gasteiger partial charge in [-0.3, -0.25) is 0 Å². The summed E-state index contributed by atoms with van der Waals surface area (Å²) in [5.74, 6) is -0.718. The minimum absolute atomic E-state index is 0.107. The number of nitrogens with one attached hydrogen (secondary N) is 2. The molecule has 2 aromatic carbocycles. The number of hydrogen-bond donors (Lipinski definition) is 2. The number of hydrogen-bond acceptors (Lipinski definition) is 4. The molecule has 1 fully saturated rings. The van der Waals surface area contributed by atoms with Gasteiger partial charge in [0, 0.05) is 28.9 Å². The van der Waals surface area contributed by atoms with Crippen LogP contribution in [0.3, 0.4) is 0 Å². The third kappa shape index (κ3) is 3.72. The molecule has 0 spiro atoms. The fourth-order valence-electron chi connectivity index (χ4n) is 3.70. The smallest absolute Gasteiger partial charge is 0.268 e. The lowest BCUT2D eigenvalue weighted by atomic mass is 10.0. The molecule has 9 heteroatoms. The van der Waals surface area contributed by atoms with E-state index >= 15 is 0 Å². The van der Waals surface area contributed by atoms with Crippen molar-refractivity contribution in [2.45, 2.75) is 30.2 Å². The highest BCUT2D eigenvalue weighted by atomic mass is 32.2. The second kappa shape index (κ2) is 7.72. The number of anilines is 1. The summed E-state index contributed by atoms with van der Waals surface area (Å²) in [6.07, 6.45) is -0.258. The highest BCUT2D eigenvalue weighted by molar-refractivity contribution is 7.90. The van der Waals surface area contributed by atoms with Crippen LogP contribution in [0.4, 0.5) is 18.9 Å². The van der Waals surface area contributed by atoms with Crippen LogP contribution in [0.1, 0.15) is 24.8 Å². The third-order valence-corrected chi connectivity index (χ3v) is 6.78. The van der Waals surface area contributed by atoms with Crippen molar-refractivity contribution in [1.29, 1.82) is 0 Å². The largest absolute Gasteiger partial charge is 0.382 e. The molecule has 0 unspecified atom stereocenters. The Kier molecular flexibility index (Phi) is 5.26. The van der Waals surface area contributed by atoms with Gasteiger partial charge in [0.2, 0.25) is 0 Å². The summed E-state index contributed by atoms with van der Waals surface area (Å²) >= 11 is 0. The number of alkyl halides is 2. The Balaban J connectivity index is 1.87. The average Bonchev–Trinajstić information content (AvgIpc) is 3.11. The van der Waals surface area contributed by atoms with E-state index in [0.29, 0.717) is 5.69 Å². The second-order valence-corrected chi connectivity index (χ2v) is 8.83. The molecule has 1 aliphatic rings. The van der Waals surface area contributed by atoms with Crippen LogP contribution in [0.2, 0.25) is 0 Å². The topological polar surface area (TPSA) is 63.1 Å². The summed E-state index contributed by atoms with van der Waals surface area (Å²) in [5, 5.41) is 6.70. The maximum absolute atomic E-state index is 13.8. The fourth-order valence-corrected chi connectivity index (χ4v) is 5.10. The van der Waals surface area contributed by atoms with Crippen molar-refractivity contribution in [3.63, 3.8) is 0 Å². The first-order valence-corrected chi connectivity index (χ1v) is 10.7. The maximum Gasteiger partial charge on any atom is 0.268 e. The molecule has 4 rings (SSSR count). The molecule has 0 saturated carbocycles. The van der Waals surface area contributed by atoms with Gasteiger partial charge in [-0.15, -0.1) is 0 Å². The van der Waals surface area contributed by atoms with E-state index in [9.17, 15) is 21.6 Å². The minimum atomic E-state index is -4.25. The Hall–Kier alpha value is -2.52. The molecular weight excluding hydrogens is 403 g/mol. The summed E-state index contributed by atoms with van der Waals surface area (Å²) < 4.78 is 68.1. The molecule has 2 heterocycles. The van der Waals surface area contributed by atoms with Gasteiger partial charge >= 0.3 is 0 Å². The summed E-state index contributed by atoms with van der Waals surface area (Å²) in [6.45, 7) is 1.65. The van der Waals surface area contributed by atoms with Gasteiger partial charge in [-0.05, 0) is 56.3 Å². The highest BCUT2D eigenvalue weighted by Gasteiger charge is 2.27. The molecule has 0 bridgehead atoms. The fraction of sp³-hybridized carbons (Fsp3) is 0.300. The number of piperidine rings is 1. The maximum atomic E-state index is 13.8. The molecule has 3 aromatic rings. The Morgan fingerprint density at radius 3 is 2.52 bits per heavy atom. The van der Waals surface area contributed by atoms with E-state index in [2.05, 4.69) is 10.6 Å². The number of nitrogens with zero attached hydrogens (tertiary/aromatic N) is 1. The van der Waals surface area contributed by atoms with E-state index in [1.807, 2.05) is 0 Å². The Bertz CT molecular complexity index is 1140.